The van der Waals surface area contributed by atoms with Gasteiger partial charge in [-0.2, -0.15) is 5.10 Å². The molecule has 90 valence electrons. The number of aromatic amines is 1. The summed E-state index contributed by atoms with van der Waals surface area (Å²) < 4.78 is 1.08. The van der Waals surface area contributed by atoms with Crippen molar-refractivity contribution in [2.75, 3.05) is 4.90 Å². The Kier molecular flexibility index (Phi) is 3.02. The average Bonchev–Trinajstić information content (AvgIpc) is 2.92. The molecule has 4 heteroatoms. The van der Waals surface area contributed by atoms with Gasteiger partial charge in [0, 0.05) is 28.1 Å². The summed E-state index contributed by atoms with van der Waals surface area (Å²) in [4.78, 5) is 2.22. The fourth-order valence-electron chi connectivity index (χ4n) is 2.07. The number of nitrogens with one attached hydrogen (secondary N) is 1. The molecule has 0 saturated heterocycles. The molecule has 0 spiro atoms. The van der Waals surface area contributed by atoms with E-state index >= 15 is 0 Å². The number of halogens is 1. The number of aromatic nitrogens is 2. The third kappa shape index (κ3) is 2.11. The lowest BCUT2D eigenvalue weighted by Crippen LogP contribution is -2.22. The van der Waals surface area contributed by atoms with Crippen LogP contribution in [0.5, 0.6) is 0 Å². The van der Waals surface area contributed by atoms with Gasteiger partial charge in [0.15, 0.2) is 0 Å². The smallest absolute Gasteiger partial charge is 0.0803 e. The van der Waals surface area contributed by atoms with E-state index in [2.05, 4.69) is 61.5 Å². The monoisotopic (exact) mass is 301 g/mol. The summed E-state index contributed by atoms with van der Waals surface area (Å²) in [5, 5.41) is 6.89. The number of allylic oxidation sites excluding steroid dienone is 2. The van der Waals surface area contributed by atoms with Crippen molar-refractivity contribution in [3.63, 3.8) is 0 Å². The quantitative estimate of drug-likeness (QED) is 0.915. The van der Waals surface area contributed by atoms with Crippen LogP contribution in [0.4, 0.5) is 5.69 Å². The third-order valence-electron chi connectivity index (χ3n) is 2.92. The van der Waals surface area contributed by atoms with Gasteiger partial charge < -0.3 is 4.90 Å². The number of anilines is 1. The Hall–Kier alpha value is -1.81. The van der Waals surface area contributed by atoms with E-state index in [0.29, 0.717) is 0 Å². The van der Waals surface area contributed by atoms with Crippen molar-refractivity contribution in [3.8, 4) is 0 Å². The minimum Gasteiger partial charge on any atom is -0.337 e. The zero-order chi connectivity index (χ0) is 12.4. The second-order valence-electron chi connectivity index (χ2n) is 4.09. The average molecular weight is 302 g/mol. The molecule has 1 aliphatic rings. The standard InChI is InChI=1S/C14H12BrN3/c15-12-4-3-5-13(8-12)18-7-2-1-6-14(18)11-9-16-17-10-11/h1-10,14H,(H,16,17). The second kappa shape index (κ2) is 4.82. The van der Waals surface area contributed by atoms with Gasteiger partial charge >= 0.3 is 0 Å². The fraction of sp³-hybridized carbons (Fsp3) is 0.0714. The van der Waals surface area contributed by atoms with Crippen LogP contribution in [0.25, 0.3) is 0 Å². The SMILES string of the molecule is Brc1cccc(N2C=CC=CC2c2cn[nH]c2)c1. The lowest BCUT2D eigenvalue weighted by atomic mass is 10.1. The summed E-state index contributed by atoms with van der Waals surface area (Å²) in [5.41, 5.74) is 2.30. The predicted octanol–water partition coefficient (Wildman–Crippen LogP) is 3.80. The van der Waals surface area contributed by atoms with Crippen molar-refractivity contribution in [2.24, 2.45) is 0 Å². The van der Waals surface area contributed by atoms with Crippen LogP contribution in [0.15, 0.2) is 65.6 Å². The maximum absolute atomic E-state index is 4.02. The predicted molar refractivity (Wildman–Crippen MR) is 76.2 cm³/mol. The summed E-state index contributed by atoms with van der Waals surface area (Å²) >= 11 is 3.51. The lowest BCUT2D eigenvalue weighted by molar-refractivity contribution is 0.835. The largest absolute Gasteiger partial charge is 0.337 e. The highest BCUT2D eigenvalue weighted by molar-refractivity contribution is 9.10. The van der Waals surface area contributed by atoms with E-state index in [9.17, 15) is 0 Å². The van der Waals surface area contributed by atoms with Crippen LogP contribution < -0.4 is 4.90 Å². The Labute approximate surface area is 114 Å². The molecule has 0 aliphatic carbocycles. The van der Waals surface area contributed by atoms with Gasteiger partial charge in [-0.05, 0) is 24.3 Å². The molecular formula is C14H12BrN3. The molecule has 1 N–H and O–H groups in total. The summed E-state index contributed by atoms with van der Waals surface area (Å²) in [5.74, 6) is 0. The first-order valence-corrected chi connectivity index (χ1v) is 6.51. The van der Waals surface area contributed by atoms with E-state index in [-0.39, 0.29) is 6.04 Å². The molecule has 2 aromatic rings. The summed E-state index contributed by atoms with van der Waals surface area (Å²) in [7, 11) is 0. The Morgan fingerprint density at radius 2 is 2.22 bits per heavy atom. The van der Waals surface area contributed by atoms with Crippen LogP contribution in [0, 0.1) is 0 Å². The number of hydrogen-bond donors (Lipinski definition) is 1. The minimum absolute atomic E-state index is 0.183. The zero-order valence-electron chi connectivity index (χ0n) is 9.62. The van der Waals surface area contributed by atoms with Gasteiger partial charge in [0.25, 0.3) is 0 Å². The molecule has 0 saturated carbocycles. The van der Waals surface area contributed by atoms with Crippen LogP contribution in [0.1, 0.15) is 11.6 Å². The summed E-state index contributed by atoms with van der Waals surface area (Å²) in [6, 6.07) is 8.46. The molecule has 18 heavy (non-hydrogen) atoms. The molecule has 2 heterocycles. The first-order chi connectivity index (χ1) is 8.84. The molecule has 0 fully saturated rings. The van der Waals surface area contributed by atoms with Gasteiger partial charge in [-0.1, -0.05) is 34.1 Å². The van der Waals surface area contributed by atoms with E-state index < -0.39 is 0 Å². The minimum atomic E-state index is 0.183. The first-order valence-electron chi connectivity index (χ1n) is 5.72. The highest BCUT2D eigenvalue weighted by atomic mass is 79.9. The van der Waals surface area contributed by atoms with E-state index in [4.69, 9.17) is 0 Å². The number of nitrogens with zero attached hydrogens (tertiary/aromatic N) is 2. The molecule has 1 aromatic carbocycles. The molecule has 0 bridgehead atoms. The van der Waals surface area contributed by atoms with Gasteiger partial charge in [0.05, 0.1) is 12.2 Å². The number of rotatable bonds is 2. The van der Waals surface area contributed by atoms with Crippen molar-refractivity contribution >= 4 is 21.6 Å². The molecule has 1 aliphatic heterocycles. The second-order valence-corrected chi connectivity index (χ2v) is 5.01. The normalized spacial score (nSPS) is 18.3. The highest BCUT2D eigenvalue weighted by Gasteiger charge is 2.19. The van der Waals surface area contributed by atoms with E-state index in [1.807, 2.05) is 30.6 Å². The van der Waals surface area contributed by atoms with Gasteiger partial charge in [0.1, 0.15) is 0 Å². The Bertz CT molecular complexity index is 587. The van der Waals surface area contributed by atoms with Crippen molar-refractivity contribution in [3.05, 3.63) is 71.1 Å². The van der Waals surface area contributed by atoms with Gasteiger partial charge in [-0.25, -0.2) is 0 Å². The maximum Gasteiger partial charge on any atom is 0.0803 e. The molecule has 1 atom stereocenters. The Morgan fingerprint density at radius 1 is 1.28 bits per heavy atom. The van der Waals surface area contributed by atoms with E-state index in [0.717, 1.165) is 15.7 Å². The summed E-state index contributed by atoms with van der Waals surface area (Å²) in [6.07, 6.45) is 12.1. The topological polar surface area (TPSA) is 31.9 Å². The van der Waals surface area contributed by atoms with Crippen LogP contribution in [0.2, 0.25) is 0 Å². The van der Waals surface area contributed by atoms with Gasteiger partial charge in [-0.3, -0.25) is 5.10 Å². The number of benzene rings is 1. The van der Waals surface area contributed by atoms with Crippen molar-refractivity contribution in [1.82, 2.24) is 10.2 Å². The van der Waals surface area contributed by atoms with Crippen LogP contribution >= 0.6 is 15.9 Å². The van der Waals surface area contributed by atoms with Crippen LogP contribution in [-0.4, -0.2) is 10.2 Å². The van der Waals surface area contributed by atoms with Crippen molar-refractivity contribution in [2.45, 2.75) is 6.04 Å². The summed E-state index contributed by atoms with van der Waals surface area (Å²) in [6.45, 7) is 0. The number of hydrogen-bond acceptors (Lipinski definition) is 2. The fourth-order valence-corrected chi connectivity index (χ4v) is 2.46. The molecular weight excluding hydrogens is 290 g/mol. The van der Waals surface area contributed by atoms with Gasteiger partial charge in [-0.15, -0.1) is 0 Å². The van der Waals surface area contributed by atoms with Crippen molar-refractivity contribution in [1.29, 1.82) is 0 Å². The molecule has 1 aromatic heterocycles. The maximum atomic E-state index is 4.02. The van der Waals surface area contributed by atoms with Gasteiger partial charge in [0.2, 0.25) is 0 Å². The molecule has 0 amide bonds. The highest BCUT2D eigenvalue weighted by Crippen LogP contribution is 2.31. The third-order valence-corrected chi connectivity index (χ3v) is 3.41. The molecule has 3 nitrogen and oxygen atoms in total. The Balaban J connectivity index is 1.99. The van der Waals surface area contributed by atoms with Crippen LogP contribution in [-0.2, 0) is 0 Å². The van der Waals surface area contributed by atoms with E-state index in [1.54, 1.807) is 0 Å². The van der Waals surface area contributed by atoms with Crippen LogP contribution in [0.3, 0.4) is 0 Å². The number of H-pyrrole nitrogens is 1. The van der Waals surface area contributed by atoms with E-state index in [1.165, 1.54) is 0 Å². The first kappa shape index (κ1) is 11.3. The Morgan fingerprint density at radius 3 is 3.00 bits per heavy atom. The lowest BCUT2D eigenvalue weighted by Gasteiger charge is -2.30. The molecule has 3 rings (SSSR count). The van der Waals surface area contributed by atoms with Crippen molar-refractivity contribution < 1.29 is 0 Å². The zero-order valence-corrected chi connectivity index (χ0v) is 11.2. The molecule has 0 radical (unpaired) electrons. The molecule has 1 unspecified atom stereocenters.